The number of unbranched alkanes of at least 4 members (excludes halogenated alkanes) is 2. The van der Waals surface area contributed by atoms with E-state index < -0.39 is 23.3 Å². The highest BCUT2D eigenvalue weighted by atomic mass is 19.2. The summed E-state index contributed by atoms with van der Waals surface area (Å²) < 4.78 is 64.9. The molecule has 0 N–H and O–H groups in total. The fourth-order valence-electron chi connectivity index (χ4n) is 7.49. The minimum absolute atomic E-state index is 0.0510. The van der Waals surface area contributed by atoms with Crippen LogP contribution in [0.1, 0.15) is 102 Å². The smallest absolute Gasteiger partial charge is 0.201 e. The molecule has 0 unspecified atom stereocenters. The van der Waals surface area contributed by atoms with Crippen molar-refractivity contribution in [1.82, 2.24) is 0 Å². The van der Waals surface area contributed by atoms with Gasteiger partial charge in [0.25, 0.3) is 0 Å². The van der Waals surface area contributed by atoms with Crippen LogP contribution >= 0.6 is 0 Å². The van der Waals surface area contributed by atoms with Gasteiger partial charge in [-0.2, -0.15) is 4.39 Å². The number of rotatable bonds is 10. The normalized spacial score (nSPS) is 22.7. The van der Waals surface area contributed by atoms with Crippen LogP contribution in [0.5, 0.6) is 5.75 Å². The monoisotopic (exact) mass is 580 g/mol. The van der Waals surface area contributed by atoms with E-state index in [-0.39, 0.29) is 29.4 Å². The molecular formula is C37H44F4O. The number of halogens is 4. The second-order valence-corrected chi connectivity index (χ2v) is 12.5. The summed E-state index contributed by atoms with van der Waals surface area (Å²) in [4.78, 5) is 0. The van der Waals surface area contributed by atoms with Crippen molar-refractivity contribution in [3.8, 4) is 28.0 Å². The maximum Gasteiger partial charge on any atom is 0.201 e. The zero-order valence-corrected chi connectivity index (χ0v) is 25.0. The lowest BCUT2D eigenvalue weighted by Gasteiger charge is -2.38. The lowest BCUT2D eigenvalue weighted by atomic mass is 9.68. The fourth-order valence-corrected chi connectivity index (χ4v) is 7.49. The minimum atomic E-state index is -1.04. The Morgan fingerprint density at radius 1 is 0.595 bits per heavy atom. The van der Waals surface area contributed by atoms with Crippen LogP contribution < -0.4 is 4.74 Å². The van der Waals surface area contributed by atoms with Gasteiger partial charge in [0.1, 0.15) is 0 Å². The fraction of sp³-hybridized carbons (Fsp3) is 0.514. The van der Waals surface area contributed by atoms with Crippen molar-refractivity contribution in [2.75, 3.05) is 6.61 Å². The van der Waals surface area contributed by atoms with Gasteiger partial charge in [-0.1, -0.05) is 81.8 Å². The molecule has 0 radical (unpaired) electrons. The highest BCUT2D eigenvalue weighted by Crippen LogP contribution is 2.45. The van der Waals surface area contributed by atoms with Gasteiger partial charge in [0.05, 0.1) is 6.61 Å². The maximum absolute atomic E-state index is 15.4. The minimum Gasteiger partial charge on any atom is -0.491 e. The Hall–Kier alpha value is -2.82. The summed E-state index contributed by atoms with van der Waals surface area (Å²) in [7, 11) is 0. The lowest BCUT2D eigenvalue weighted by Crippen LogP contribution is -2.25. The van der Waals surface area contributed by atoms with Crippen LogP contribution in [0.15, 0.2) is 48.5 Å². The summed E-state index contributed by atoms with van der Waals surface area (Å²) in [6, 6.07) is 12.7. The molecule has 1 nitrogen and oxygen atoms in total. The molecule has 2 fully saturated rings. The van der Waals surface area contributed by atoms with Crippen molar-refractivity contribution in [2.45, 2.75) is 96.8 Å². The van der Waals surface area contributed by atoms with Crippen LogP contribution in [-0.4, -0.2) is 6.61 Å². The standard InChI is InChI=1S/C37H44F4O/c1-3-5-6-7-24-8-10-25(11-9-24)26-12-14-27(15-13-26)30-20-21-31(35(39)34(30)38)28-16-18-29(19-17-28)32-22-23-33(42-4-2)37(41)36(32)40/h16-27H,3-15H2,1-2H3. The van der Waals surface area contributed by atoms with E-state index in [1.165, 1.54) is 63.5 Å². The second kappa shape index (κ2) is 14.1. The quantitative estimate of drug-likeness (QED) is 0.171. The highest BCUT2D eigenvalue weighted by molar-refractivity contribution is 5.72. The first-order chi connectivity index (χ1) is 20.4. The van der Waals surface area contributed by atoms with Crippen LogP contribution in [0.4, 0.5) is 17.6 Å². The van der Waals surface area contributed by atoms with E-state index in [2.05, 4.69) is 6.92 Å². The molecule has 3 aromatic carbocycles. The Morgan fingerprint density at radius 3 is 1.71 bits per heavy atom. The van der Waals surface area contributed by atoms with Crippen molar-refractivity contribution >= 4 is 0 Å². The van der Waals surface area contributed by atoms with Crippen LogP contribution in [0, 0.1) is 41.0 Å². The molecule has 5 heteroatoms. The Morgan fingerprint density at radius 2 is 1.14 bits per heavy atom. The third-order valence-corrected chi connectivity index (χ3v) is 9.95. The van der Waals surface area contributed by atoms with Crippen molar-refractivity contribution in [1.29, 1.82) is 0 Å². The van der Waals surface area contributed by atoms with Gasteiger partial charge in [-0.3, -0.25) is 0 Å². The Balaban J connectivity index is 1.21. The summed E-state index contributed by atoms with van der Waals surface area (Å²) in [6.07, 6.45) is 14.8. The van der Waals surface area contributed by atoms with E-state index in [0.29, 0.717) is 16.7 Å². The van der Waals surface area contributed by atoms with Crippen molar-refractivity contribution in [2.24, 2.45) is 17.8 Å². The topological polar surface area (TPSA) is 9.23 Å². The van der Waals surface area contributed by atoms with Crippen LogP contribution in [0.25, 0.3) is 22.3 Å². The first-order valence-electron chi connectivity index (χ1n) is 16.1. The molecule has 0 aromatic heterocycles. The zero-order chi connectivity index (χ0) is 29.6. The molecule has 2 aliphatic carbocycles. The lowest BCUT2D eigenvalue weighted by molar-refractivity contribution is 0.155. The molecule has 3 aromatic rings. The molecule has 0 amide bonds. The predicted octanol–water partition coefficient (Wildman–Crippen LogP) is 11.6. The van der Waals surface area contributed by atoms with Crippen molar-refractivity contribution in [3.63, 3.8) is 0 Å². The van der Waals surface area contributed by atoms with E-state index in [4.69, 9.17) is 4.74 Å². The predicted molar refractivity (Wildman–Crippen MR) is 163 cm³/mol. The number of benzene rings is 3. The van der Waals surface area contributed by atoms with Crippen LogP contribution in [-0.2, 0) is 0 Å². The Kier molecular flexibility index (Phi) is 10.3. The third kappa shape index (κ3) is 6.71. The zero-order valence-electron chi connectivity index (χ0n) is 25.0. The van der Waals surface area contributed by atoms with Crippen molar-refractivity contribution in [3.05, 3.63) is 77.4 Å². The second-order valence-electron chi connectivity index (χ2n) is 12.5. The van der Waals surface area contributed by atoms with Gasteiger partial charge in [0.2, 0.25) is 5.82 Å². The molecule has 42 heavy (non-hydrogen) atoms. The molecule has 0 bridgehead atoms. The number of hydrogen-bond donors (Lipinski definition) is 0. The first kappa shape index (κ1) is 30.6. The van der Waals surface area contributed by atoms with Gasteiger partial charge in [-0.25, -0.2) is 13.2 Å². The maximum atomic E-state index is 15.4. The average Bonchev–Trinajstić information content (AvgIpc) is 3.02. The summed E-state index contributed by atoms with van der Waals surface area (Å²) in [5.41, 5.74) is 1.67. The van der Waals surface area contributed by atoms with Gasteiger partial charge in [0.15, 0.2) is 23.2 Å². The highest BCUT2D eigenvalue weighted by Gasteiger charge is 2.32. The molecule has 2 aliphatic rings. The van der Waals surface area contributed by atoms with Crippen LogP contribution in [0.2, 0.25) is 0 Å². The SMILES string of the molecule is CCCCCC1CCC(C2CCC(c3ccc(-c4ccc(-c5ccc(OCC)c(F)c5F)cc4)c(F)c3F)CC2)CC1. The van der Waals surface area contributed by atoms with E-state index in [9.17, 15) is 8.78 Å². The van der Waals surface area contributed by atoms with Gasteiger partial charge >= 0.3 is 0 Å². The van der Waals surface area contributed by atoms with Crippen LogP contribution in [0.3, 0.4) is 0 Å². The van der Waals surface area contributed by atoms with E-state index in [1.54, 1.807) is 43.3 Å². The van der Waals surface area contributed by atoms with E-state index >= 15 is 8.78 Å². The largest absolute Gasteiger partial charge is 0.491 e. The van der Waals surface area contributed by atoms with E-state index in [0.717, 1.165) is 43.4 Å². The summed E-state index contributed by atoms with van der Waals surface area (Å²) in [5, 5.41) is 0. The summed E-state index contributed by atoms with van der Waals surface area (Å²) >= 11 is 0. The molecule has 0 atom stereocenters. The number of hydrogen-bond acceptors (Lipinski definition) is 1. The molecule has 226 valence electrons. The van der Waals surface area contributed by atoms with Gasteiger partial charge in [-0.15, -0.1) is 0 Å². The molecule has 0 heterocycles. The summed E-state index contributed by atoms with van der Waals surface area (Å²) in [5.74, 6) is -1.30. The average molecular weight is 581 g/mol. The molecular weight excluding hydrogens is 536 g/mol. The molecule has 5 rings (SSSR count). The third-order valence-electron chi connectivity index (χ3n) is 9.95. The van der Waals surface area contributed by atoms with Gasteiger partial charge in [0, 0.05) is 11.1 Å². The summed E-state index contributed by atoms with van der Waals surface area (Å²) in [6.45, 7) is 4.19. The molecule has 0 spiro atoms. The Bertz CT molecular complexity index is 1320. The molecule has 0 aliphatic heterocycles. The molecule has 2 saturated carbocycles. The number of ether oxygens (including phenoxy) is 1. The van der Waals surface area contributed by atoms with Gasteiger partial charge in [-0.05, 0) is 97.9 Å². The Labute approximate surface area is 248 Å². The first-order valence-corrected chi connectivity index (χ1v) is 16.1. The van der Waals surface area contributed by atoms with E-state index in [1.807, 2.05) is 0 Å². The van der Waals surface area contributed by atoms with Crippen molar-refractivity contribution < 1.29 is 22.3 Å². The van der Waals surface area contributed by atoms with Gasteiger partial charge < -0.3 is 4.74 Å². The molecule has 0 saturated heterocycles.